The van der Waals surface area contributed by atoms with Gasteiger partial charge in [-0.2, -0.15) is 5.10 Å². The Morgan fingerprint density at radius 3 is 2.79 bits per heavy atom. The summed E-state index contributed by atoms with van der Waals surface area (Å²) < 4.78 is 0. The lowest BCUT2D eigenvalue weighted by Crippen LogP contribution is -2.28. The number of hydrogen-bond acceptors (Lipinski definition) is 3. The lowest BCUT2D eigenvalue weighted by molar-refractivity contribution is 0.328. The molecule has 0 amide bonds. The van der Waals surface area contributed by atoms with E-state index in [9.17, 15) is 0 Å². The van der Waals surface area contributed by atoms with Gasteiger partial charge in [0, 0.05) is 16.8 Å². The maximum Gasteiger partial charge on any atom is 0.156 e. The minimum atomic E-state index is 0.473. The Kier molecular flexibility index (Phi) is 3.62. The van der Waals surface area contributed by atoms with Gasteiger partial charge in [0.25, 0.3) is 0 Å². The Morgan fingerprint density at radius 2 is 1.95 bits per heavy atom. The minimum Gasteiger partial charge on any atom is -0.365 e. The lowest BCUT2D eigenvalue weighted by atomic mass is 9.84. The Bertz CT molecular complexity index is 541. The van der Waals surface area contributed by atoms with E-state index in [2.05, 4.69) is 40.6 Å². The van der Waals surface area contributed by atoms with Gasteiger partial charge in [0.2, 0.25) is 0 Å². The quantitative estimate of drug-likeness (QED) is 0.900. The summed E-state index contributed by atoms with van der Waals surface area (Å²) in [6.45, 7) is 2.28. The summed E-state index contributed by atoms with van der Waals surface area (Å²) in [5.74, 6) is 1.70. The van der Waals surface area contributed by atoms with Crippen LogP contribution in [-0.2, 0) is 0 Å². The number of anilines is 1. The molecule has 0 spiro atoms. The maximum atomic E-state index is 4.28. The average Bonchev–Trinajstić information content (AvgIpc) is 2.48. The topological polar surface area (TPSA) is 37.8 Å². The molecule has 1 aromatic carbocycles. The third kappa shape index (κ3) is 2.70. The SMILES string of the molecule is CC(Nc1nncc2ccccc12)C1CCCCC1. The van der Waals surface area contributed by atoms with Crippen LogP contribution in [0.2, 0.25) is 0 Å². The zero-order valence-electron chi connectivity index (χ0n) is 11.5. The predicted molar refractivity (Wildman–Crippen MR) is 79.2 cm³/mol. The monoisotopic (exact) mass is 255 g/mol. The maximum absolute atomic E-state index is 4.28. The highest BCUT2D eigenvalue weighted by atomic mass is 15.2. The number of nitrogens with zero attached hydrogens (tertiary/aromatic N) is 2. The molecular formula is C16H21N3. The fourth-order valence-corrected chi connectivity index (χ4v) is 3.10. The van der Waals surface area contributed by atoms with Crippen molar-refractivity contribution < 1.29 is 0 Å². The highest BCUT2D eigenvalue weighted by Gasteiger charge is 2.20. The average molecular weight is 255 g/mol. The van der Waals surface area contributed by atoms with Gasteiger partial charge < -0.3 is 5.32 Å². The molecule has 1 aliphatic carbocycles. The fourth-order valence-electron chi connectivity index (χ4n) is 3.10. The van der Waals surface area contributed by atoms with E-state index in [0.717, 1.165) is 17.1 Å². The van der Waals surface area contributed by atoms with Gasteiger partial charge in [-0.1, -0.05) is 43.5 Å². The molecule has 0 saturated heterocycles. The molecule has 1 heterocycles. The van der Waals surface area contributed by atoms with E-state index in [1.54, 1.807) is 0 Å². The summed E-state index contributed by atoms with van der Waals surface area (Å²) in [4.78, 5) is 0. The van der Waals surface area contributed by atoms with Crippen LogP contribution >= 0.6 is 0 Å². The number of hydrogen-bond donors (Lipinski definition) is 1. The van der Waals surface area contributed by atoms with Crippen LogP contribution in [-0.4, -0.2) is 16.2 Å². The fraction of sp³-hybridized carbons (Fsp3) is 0.500. The van der Waals surface area contributed by atoms with Crippen LogP contribution in [0.1, 0.15) is 39.0 Å². The van der Waals surface area contributed by atoms with Crippen LogP contribution < -0.4 is 5.32 Å². The second kappa shape index (κ2) is 5.55. The van der Waals surface area contributed by atoms with Crippen molar-refractivity contribution in [3.05, 3.63) is 30.5 Å². The van der Waals surface area contributed by atoms with E-state index in [1.807, 2.05) is 12.3 Å². The minimum absolute atomic E-state index is 0.473. The van der Waals surface area contributed by atoms with Gasteiger partial charge in [-0.3, -0.25) is 0 Å². The first-order chi connectivity index (χ1) is 9.34. The van der Waals surface area contributed by atoms with Crippen LogP contribution in [0.15, 0.2) is 30.5 Å². The van der Waals surface area contributed by atoms with Crippen molar-refractivity contribution in [1.82, 2.24) is 10.2 Å². The van der Waals surface area contributed by atoms with Gasteiger partial charge in [0.05, 0.1) is 6.20 Å². The molecule has 1 unspecified atom stereocenters. The Hall–Kier alpha value is -1.64. The first-order valence-electron chi connectivity index (χ1n) is 7.31. The molecule has 100 valence electrons. The van der Waals surface area contributed by atoms with Crippen molar-refractivity contribution in [1.29, 1.82) is 0 Å². The molecule has 1 fully saturated rings. The molecular weight excluding hydrogens is 234 g/mol. The van der Waals surface area contributed by atoms with E-state index in [1.165, 1.54) is 37.5 Å². The van der Waals surface area contributed by atoms with Crippen LogP contribution in [0.3, 0.4) is 0 Å². The molecule has 0 radical (unpaired) electrons. The number of aromatic nitrogens is 2. The van der Waals surface area contributed by atoms with E-state index in [0.29, 0.717) is 6.04 Å². The van der Waals surface area contributed by atoms with E-state index >= 15 is 0 Å². The van der Waals surface area contributed by atoms with Crippen LogP contribution in [0, 0.1) is 5.92 Å². The smallest absolute Gasteiger partial charge is 0.156 e. The van der Waals surface area contributed by atoms with E-state index < -0.39 is 0 Å². The second-order valence-electron chi connectivity index (χ2n) is 5.61. The van der Waals surface area contributed by atoms with Crippen molar-refractivity contribution in [2.75, 3.05) is 5.32 Å². The Labute approximate surface area is 114 Å². The lowest BCUT2D eigenvalue weighted by Gasteiger charge is -2.28. The second-order valence-corrected chi connectivity index (χ2v) is 5.61. The standard InChI is InChI=1S/C16H21N3/c1-12(13-7-3-2-4-8-13)18-16-15-10-6-5-9-14(15)11-17-19-16/h5-6,9-13H,2-4,7-8H2,1H3,(H,18,19). The molecule has 0 bridgehead atoms. The molecule has 1 saturated carbocycles. The third-order valence-corrected chi connectivity index (χ3v) is 4.29. The molecule has 1 N–H and O–H groups in total. The summed E-state index contributed by atoms with van der Waals surface area (Å²) in [5.41, 5.74) is 0. The van der Waals surface area contributed by atoms with Crippen molar-refractivity contribution in [3.63, 3.8) is 0 Å². The summed E-state index contributed by atoms with van der Waals surface area (Å²) in [6, 6.07) is 8.76. The number of fused-ring (bicyclic) bond motifs is 1. The first kappa shape index (κ1) is 12.4. The third-order valence-electron chi connectivity index (χ3n) is 4.29. The van der Waals surface area contributed by atoms with Gasteiger partial charge >= 0.3 is 0 Å². The summed E-state index contributed by atoms with van der Waals surface area (Å²) >= 11 is 0. The van der Waals surface area contributed by atoms with Crippen molar-refractivity contribution in [3.8, 4) is 0 Å². The Morgan fingerprint density at radius 1 is 1.16 bits per heavy atom. The van der Waals surface area contributed by atoms with Crippen LogP contribution in [0.5, 0.6) is 0 Å². The summed E-state index contributed by atoms with van der Waals surface area (Å²) in [6.07, 6.45) is 8.65. The van der Waals surface area contributed by atoms with Crippen LogP contribution in [0.4, 0.5) is 5.82 Å². The van der Waals surface area contributed by atoms with Crippen molar-refractivity contribution in [2.24, 2.45) is 5.92 Å². The van der Waals surface area contributed by atoms with Gasteiger partial charge in [0.1, 0.15) is 0 Å². The number of rotatable bonds is 3. The van der Waals surface area contributed by atoms with E-state index in [4.69, 9.17) is 0 Å². The predicted octanol–water partition coefficient (Wildman–Crippen LogP) is 4.01. The van der Waals surface area contributed by atoms with Gasteiger partial charge in [-0.25, -0.2) is 0 Å². The largest absolute Gasteiger partial charge is 0.365 e. The molecule has 0 aliphatic heterocycles. The highest BCUT2D eigenvalue weighted by molar-refractivity contribution is 5.90. The first-order valence-corrected chi connectivity index (χ1v) is 7.31. The molecule has 3 rings (SSSR count). The van der Waals surface area contributed by atoms with Crippen LogP contribution in [0.25, 0.3) is 10.8 Å². The molecule has 1 atom stereocenters. The zero-order valence-corrected chi connectivity index (χ0v) is 11.5. The van der Waals surface area contributed by atoms with Gasteiger partial charge in [-0.15, -0.1) is 5.10 Å². The van der Waals surface area contributed by atoms with Gasteiger partial charge in [0.15, 0.2) is 5.82 Å². The molecule has 2 aromatic rings. The molecule has 3 heteroatoms. The van der Waals surface area contributed by atoms with Crippen molar-refractivity contribution in [2.45, 2.75) is 45.1 Å². The molecule has 1 aromatic heterocycles. The number of benzene rings is 1. The number of nitrogens with one attached hydrogen (secondary N) is 1. The highest BCUT2D eigenvalue weighted by Crippen LogP contribution is 2.29. The van der Waals surface area contributed by atoms with Gasteiger partial charge in [-0.05, 0) is 25.7 Å². The molecule has 1 aliphatic rings. The summed E-state index contributed by atoms with van der Waals surface area (Å²) in [5, 5.41) is 14.3. The Balaban J connectivity index is 1.80. The molecule has 3 nitrogen and oxygen atoms in total. The normalized spacial score (nSPS) is 18.4. The summed E-state index contributed by atoms with van der Waals surface area (Å²) in [7, 11) is 0. The van der Waals surface area contributed by atoms with Crippen molar-refractivity contribution >= 4 is 16.6 Å². The zero-order chi connectivity index (χ0) is 13.1. The van der Waals surface area contributed by atoms with E-state index in [-0.39, 0.29) is 0 Å². The molecule has 19 heavy (non-hydrogen) atoms.